The van der Waals surface area contributed by atoms with Crippen molar-refractivity contribution in [3.05, 3.63) is 66.4 Å². The van der Waals surface area contributed by atoms with Gasteiger partial charge in [-0.1, -0.05) is 12.1 Å². The molecule has 1 N–H and O–H groups in total. The van der Waals surface area contributed by atoms with Crippen LogP contribution < -0.4 is 10.1 Å². The number of halogens is 3. The molecule has 1 amide bonds. The van der Waals surface area contributed by atoms with Crippen LogP contribution in [0, 0.1) is 5.82 Å². The normalized spacial score (nSPS) is 10.8. The number of carbonyl (C=O) groups is 1. The minimum atomic E-state index is -2.94. The van der Waals surface area contributed by atoms with Crippen LogP contribution in [0.4, 0.5) is 18.9 Å². The number of carbonyl (C=O) groups excluding carboxylic acids is 1. The molecule has 1 aromatic heterocycles. The summed E-state index contributed by atoms with van der Waals surface area (Å²) < 4.78 is 47.9. The number of amides is 1. The summed E-state index contributed by atoms with van der Waals surface area (Å²) in [6.45, 7) is -2.94. The van der Waals surface area contributed by atoms with Crippen LogP contribution in [0.15, 0.2) is 59.5 Å². The van der Waals surface area contributed by atoms with Gasteiger partial charge in [0.15, 0.2) is 12.2 Å². The lowest BCUT2D eigenvalue weighted by Gasteiger charge is -2.09. The van der Waals surface area contributed by atoms with Crippen LogP contribution in [0.3, 0.4) is 0 Å². The van der Waals surface area contributed by atoms with Gasteiger partial charge in [0.2, 0.25) is 5.91 Å². The molecule has 8 heteroatoms. The van der Waals surface area contributed by atoms with Crippen molar-refractivity contribution in [2.75, 3.05) is 5.32 Å². The van der Waals surface area contributed by atoms with Gasteiger partial charge in [0.1, 0.15) is 11.6 Å². The number of benzene rings is 2. The lowest BCUT2D eigenvalue weighted by atomic mass is 10.1. The highest BCUT2D eigenvalue weighted by molar-refractivity contribution is 5.92. The number of hydrogen-bond acceptors (Lipinski definition) is 4. The van der Waals surface area contributed by atoms with Crippen LogP contribution in [-0.4, -0.2) is 17.5 Å². The molecular formula is C18H13F3N2O3. The van der Waals surface area contributed by atoms with Crippen LogP contribution in [0.5, 0.6) is 5.75 Å². The maximum absolute atomic E-state index is 14.1. The number of rotatable bonds is 6. The molecule has 0 aliphatic heterocycles. The fourth-order valence-corrected chi connectivity index (χ4v) is 2.36. The number of nitrogens with one attached hydrogen (secondary N) is 1. The number of oxazole rings is 1. The molecule has 134 valence electrons. The van der Waals surface area contributed by atoms with E-state index in [1.807, 2.05) is 0 Å². The maximum atomic E-state index is 14.1. The second-order valence-electron chi connectivity index (χ2n) is 5.31. The smallest absolute Gasteiger partial charge is 0.387 e. The van der Waals surface area contributed by atoms with Crippen molar-refractivity contribution < 1.29 is 27.1 Å². The predicted octanol–water partition coefficient (Wildman–Crippen LogP) is 4.26. The standard InChI is InChI=1S/C18H13F3N2O3/c19-15-8-12(4-5-14(15)16-9-22-10-25-16)23-17(24)7-11-2-1-3-13(6-11)26-18(20)21/h1-6,8-10,18H,7H2,(H,23,24). The molecule has 26 heavy (non-hydrogen) atoms. The molecular weight excluding hydrogens is 349 g/mol. The monoisotopic (exact) mass is 362 g/mol. The summed E-state index contributed by atoms with van der Waals surface area (Å²) in [6.07, 6.45) is 2.49. The Morgan fingerprint density at radius 3 is 2.77 bits per heavy atom. The minimum absolute atomic E-state index is 0.0345. The molecule has 5 nitrogen and oxygen atoms in total. The molecule has 0 aliphatic carbocycles. The second kappa shape index (κ2) is 7.73. The van der Waals surface area contributed by atoms with Crippen LogP contribution in [-0.2, 0) is 11.2 Å². The fourth-order valence-electron chi connectivity index (χ4n) is 2.36. The van der Waals surface area contributed by atoms with Gasteiger partial charge in [0, 0.05) is 5.69 Å². The average molecular weight is 362 g/mol. The van der Waals surface area contributed by atoms with E-state index in [1.54, 1.807) is 6.07 Å². The second-order valence-corrected chi connectivity index (χ2v) is 5.31. The highest BCUT2D eigenvalue weighted by Crippen LogP contribution is 2.25. The van der Waals surface area contributed by atoms with E-state index in [1.165, 1.54) is 42.9 Å². The zero-order valence-electron chi connectivity index (χ0n) is 13.3. The summed E-state index contributed by atoms with van der Waals surface area (Å²) in [6, 6.07) is 9.96. The van der Waals surface area contributed by atoms with Gasteiger partial charge in [-0.3, -0.25) is 4.79 Å². The number of hydrogen-bond donors (Lipinski definition) is 1. The molecule has 0 unspecified atom stereocenters. The van der Waals surface area contributed by atoms with Crippen molar-refractivity contribution in [2.24, 2.45) is 0 Å². The van der Waals surface area contributed by atoms with E-state index >= 15 is 0 Å². The van der Waals surface area contributed by atoms with Gasteiger partial charge >= 0.3 is 6.61 Å². The van der Waals surface area contributed by atoms with Gasteiger partial charge in [-0.2, -0.15) is 8.78 Å². The Kier molecular flexibility index (Phi) is 5.21. The van der Waals surface area contributed by atoms with Crippen molar-refractivity contribution in [1.82, 2.24) is 4.98 Å². The molecule has 1 heterocycles. The van der Waals surface area contributed by atoms with Gasteiger partial charge in [-0.25, -0.2) is 9.37 Å². The van der Waals surface area contributed by atoms with Crippen LogP contribution >= 0.6 is 0 Å². The molecule has 2 aromatic carbocycles. The first-order valence-electron chi connectivity index (χ1n) is 7.53. The van der Waals surface area contributed by atoms with Crippen molar-refractivity contribution >= 4 is 11.6 Å². The summed E-state index contributed by atoms with van der Waals surface area (Å²) in [4.78, 5) is 15.8. The van der Waals surface area contributed by atoms with Gasteiger partial charge in [-0.15, -0.1) is 0 Å². The molecule has 0 aliphatic rings. The molecule has 0 saturated carbocycles. The molecule has 0 bridgehead atoms. The Balaban J connectivity index is 1.66. The zero-order valence-corrected chi connectivity index (χ0v) is 13.3. The first-order chi connectivity index (χ1) is 12.5. The van der Waals surface area contributed by atoms with Crippen molar-refractivity contribution in [1.29, 1.82) is 0 Å². The van der Waals surface area contributed by atoms with Crippen molar-refractivity contribution in [3.63, 3.8) is 0 Å². The number of ether oxygens (including phenoxy) is 1. The zero-order chi connectivity index (χ0) is 18.5. The Bertz CT molecular complexity index is 898. The van der Waals surface area contributed by atoms with Gasteiger partial charge in [0.05, 0.1) is 18.2 Å². The molecule has 3 aromatic rings. The summed E-state index contributed by atoms with van der Waals surface area (Å²) >= 11 is 0. The van der Waals surface area contributed by atoms with Crippen molar-refractivity contribution in [2.45, 2.75) is 13.0 Å². The Hall–Kier alpha value is -3.29. The maximum Gasteiger partial charge on any atom is 0.387 e. The van der Waals surface area contributed by atoms with Crippen LogP contribution in [0.25, 0.3) is 11.3 Å². The SMILES string of the molecule is O=C(Cc1cccc(OC(F)F)c1)Nc1ccc(-c2cnco2)c(F)c1. The fraction of sp³-hybridized carbons (Fsp3) is 0.111. The Morgan fingerprint density at radius 2 is 2.08 bits per heavy atom. The molecule has 0 spiro atoms. The molecule has 3 rings (SSSR count). The largest absolute Gasteiger partial charge is 0.443 e. The lowest BCUT2D eigenvalue weighted by Crippen LogP contribution is -2.14. The summed E-state index contributed by atoms with van der Waals surface area (Å²) in [5.41, 5.74) is 0.965. The first-order valence-corrected chi connectivity index (χ1v) is 7.53. The highest BCUT2D eigenvalue weighted by Gasteiger charge is 2.12. The lowest BCUT2D eigenvalue weighted by molar-refractivity contribution is -0.115. The molecule has 0 fully saturated rings. The minimum Gasteiger partial charge on any atom is -0.443 e. The average Bonchev–Trinajstić information content (AvgIpc) is 3.08. The summed E-state index contributed by atoms with van der Waals surface area (Å²) in [5, 5.41) is 2.55. The van der Waals surface area contributed by atoms with E-state index in [9.17, 15) is 18.0 Å². The first kappa shape index (κ1) is 17.5. The van der Waals surface area contributed by atoms with Crippen molar-refractivity contribution in [3.8, 4) is 17.1 Å². The Morgan fingerprint density at radius 1 is 1.23 bits per heavy atom. The third-order valence-electron chi connectivity index (χ3n) is 3.44. The number of anilines is 1. The summed E-state index contributed by atoms with van der Waals surface area (Å²) in [7, 11) is 0. The van der Waals surface area contributed by atoms with E-state index in [0.717, 1.165) is 6.07 Å². The van der Waals surface area contributed by atoms with Gasteiger partial charge < -0.3 is 14.5 Å². The van der Waals surface area contributed by atoms with E-state index < -0.39 is 18.3 Å². The molecule has 0 radical (unpaired) electrons. The van der Waals surface area contributed by atoms with Crippen LogP contribution in [0.1, 0.15) is 5.56 Å². The van der Waals surface area contributed by atoms with Gasteiger partial charge in [-0.05, 0) is 35.9 Å². The predicted molar refractivity (Wildman–Crippen MR) is 87.3 cm³/mol. The Labute approximate surface area is 146 Å². The van der Waals surface area contributed by atoms with Gasteiger partial charge in [0.25, 0.3) is 0 Å². The molecule has 0 saturated heterocycles. The van der Waals surface area contributed by atoms with Crippen LogP contribution in [0.2, 0.25) is 0 Å². The number of nitrogens with zero attached hydrogens (tertiary/aromatic N) is 1. The quantitative estimate of drug-likeness (QED) is 0.712. The number of alkyl halides is 2. The summed E-state index contributed by atoms with van der Waals surface area (Å²) in [5.74, 6) is -0.762. The van der Waals surface area contributed by atoms with E-state index in [0.29, 0.717) is 5.56 Å². The topological polar surface area (TPSA) is 64.4 Å². The third kappa shape index (κ3) is 4.41. The van der Waals surface area contributed by atoms with E-state index in [2.05, 4.69) is 15.0 Å². The number of aromatic nitrogens is 1. The van der Waals surface area contributed by atoms with E-state index in [-0.39, 0.29) is 29.2 Å². The third-order valence-corrected chi connectivity index (χ3v) is 3.44. The highest BCUT2D eigenvalue weighted by atomic mass is 19.3. The molecule has 0 atom stereocenters. The van der Waals surface area contributed by atoms with E-state index in [4.69, 9.17) is 4.42 Å².